The molecule has 0 aromatic heterocycles. The molecule has 0 spiro atoms. The number of sulfonamides is 1. The highest BCUT2D eigenvalue weighted by atomic mass is 35.5. The van der Waals surface area contributed by atoms with E-state index in [1.807, 2.05) is 6.92 Å². The van der Waals surface area contributed by atoms with E-state index in [2.05, 4.69) is 6.58 Å². The Morgan fingerprint density at radius 3 is 2.38 bits per heavy atom. The Morgan fingerprint density at radius 2 is 1.95 bits per heavy atom. The van der Waals surface area contributed by atoms with Crippen LogP contribution in [0.15, 0.2) is 52.4 Å². The summed E-state index contributed by atoms with van der Waals surface area (Å²) in [6.45, 7) is 7.12. The lowest BCUT2D eigenvalue weighted by atomic mass is 10.0. The van der Waals surface area contributed by atoms with Crippen molar-refractivity contribution in [2.24, 2.45) is 5.92 Å². The van der Waals surface area contributed by atoms with Crippen molar-refractivity contribution in [2.45, 2.75) is 18.7 Å². The van der Waals surface area contributed by atoms with Crippen LogP contribution >= 0.6 is 11.6 Å². The number of hydrogen-bond acceptors (Lipinski definition) is 3. The standard InChI is InChI=1S/C15H16ClNO3S/c1-4-12-9-17(15(18)14(12)11(3)16)21(19,20)13-7-5-10(2)6-8-13/h4-8,12H,1,9H2,2-3H3/b14-11+/t12-/m0/s1. The molecule has 2 rings (SSSR count). The fraction of sp³-hybridized carbons (Fsp3) is 0.267. The average Bonchev–Trinajstić information content (AvgIpc) is 2.76. The molecule has 1 fully saturated rings. The second kappa shape index (κ2) is 5.66. The first-order chi connectivity index (χ1) is 9.78. The highest BCUT2D eigenvalue weighted by molar-refractivity contribution is 7.89. The van der Waals surface area contributed by atoms with Crippen LogP contribution in [0.1, 0.15) is 12.5 Å². The number of rotatable bonds is 3. The maximum atomic E-state index is 12.6. The molecule has 4 nitrogen and oxygen atoms in total. The third kappa shape index (κ3) is 2.76. The van der Waals surface area contributed by atoms with E-state index in [0.29, 0.717) is 10.6 Å². The smallest absolute Gasteiger partial charge is 0.266 e. The number of nitrogens with zero attached hydrogens (tertiary/aromatic N) is 1. The van der Waals surface area contributed by atoms with Crippen molar-refractivity contribution >= 4 is 27.5 Å². The Balaban J connectivity index is 2.47. The number of hydrogen-bond donors (Lipinski definition) is 0. The quantitative estimate of drug-likeness (QED) is 0.634. The first-order valence-corrected chi connectivity index (χ1v) is 8.23. The fourth-order valence-electron chi connectivity index (χ4n) is 2.29. The molecule has 1 aliphatic heterocycles. The Bertz CT molecular complexity index is 716. The molecule has 1 saturated heterocycles. The summed E-state index contributed by atoms with van der Waals surface area (Å²) in [5.74, 6) is -0.955. The molecule has 1 amide bonds. The van der Waals surface area contributed by atoms with Gasteiger partial charge >= 0.3 is 0 Å². The second-order valence-corrected chi connectivity index (χ2v) is 7.37. The molecule has 0 radical (unpaired) electrons. The maximum absolute atomic E-state index is 12.6. The van der Waals surface area contributed by atoms with E-state index in [1.54, 1.807) is 25.1 Å². The highest BCUT2D eigenvalue weighted by Crippen LogP contribution is 2.33. The maximum Gasteiger partial charge on any atom is 0.266 e. The fourth-order valence-corrected chi connectivity index (χ4v) is 3.91. The number of allylic oxidation sites excluding steroid dienone is 1. The molecule has 0 N–H and O–H groups in total. The van der Waals surface area contributed by atoms with Crippen LogP contribution in [-0.2, 0) is 14.8 Å². The number of aryl methyl sites for hydroxylation is 1. The van der Waals surface area contributed by atoms with E-state index >= 15 is 0 Å². The van der Waals surface area contributed by atoms with Crippen molar-refractivity contribution in [1.29, 1.82) is 0 Å². The lowest BCUT2D eigenvalue weighted by Crippen LogP contribution is -2.32. The Kier molecular flexibility index (Phi) is 4.25. The van der Waals surface area contributed by atoms with Crippen molar-refractivity contribution < 1.29 is 13.2 Å². The molecule has 1 heterocycles. The van der Waals surface area contributed by atoms with Crippen LogP contribution in [0.25, 0.3) is 0 Å². The van der Waals surface area contributed by atoms with Gasteiger partial charge in [0.15, 0.2) is 0 Å². The zero-order valence-corrected chi connectivity index (χ0v) is 13.4. The summed E-state index contributed by atoms with van der Waals surface area (Å²) in [5, 5.41) is 0.298. The molecular weight excluding hydrogens is 310 g/mol. The summed E-state index contributed by atoms with van der Waals surface area (Å²) in [5.41, 5.74) is 1.24. The lowest BCUT2D eigenvalue weighted by Gasteiger charge is -2.16. The minimum absolute atomic E-state index is 0.0396. The van der Waals surface area contributed by atoms with Crippen LogP contribution in [-0.4, -0.2) is 25.2 Å². The van der Waals surface area contributed by atoms with Gasteiger partial charge in [-0.25, -0.2) is 12.7 Å². The van der Waals surface area contributed by atoms with E-state index < -0.39 is 15.9 Å². The minimum Gasteiger partial charge on any atom is -0.268 e. The molecule has 6 heteroatoms. The molecule has 0 bridgehead atoms. The van der Waals surface area contributed by atoms with Crippen molar-refractivity contribution in [2.75, 3.05) is 6.54 Å². The minimum atomic E-state index is -3.87. The number of amides is 1. The van der Waals surface area contributed by atoms with E-state index in [-0.39, 0.29) is 17.4 Å². The van der Waals surface area contributed by atoms with Crippen molar-refractivity contribution in [3.8, 4) is 0 Å². The molecule has 1 aliphatic rings. The van der Waals surface area contributed by atoms with E-state index in [4.69, 9.17) is 11.6 Å². The zero-order valence-electron chi connectivity index (χ0n) is 11.8. The lowest BCUT2D eigenvalue weighted by molar-refractivity contribution is -0.120. The van der Waals surface area contributed by atoms with E-state index in [1.165, 1.54) is 12.1 Å². The van der Waals surface area contributed by atoms with Crippen LogP contribution < -0.4 is 0 Å². The van der Waals surface area contributed by atoms with E-state index in [0.717, 1.165) is 9.87 Å². The SMILES string of the molecule is C=C[C@H]1CN(S(=O)(=O)c2ccc(C)cc2)C(=O)/C1=C(\C)Cl. The van der Waals surface area contributed by atoms with Crippen molar-refractivity contribution in [3.63, 3.8) is 0 Å². The molecule has 21 heavy (non-hydrogen) atoms. The van der Waals surface area contributed by atoms with Gasteiger partial charge in [0.2, 0.25) is 0 Å². The summed E-state index contributed by atoms with van der Waals surface area (Å²) >= 11 is 5.92. The summed E-state index contributed by atoms with van der Waals surface area (Å²) in [4.78, 5) is 12.5. The number of benzene rings is 1. The summed E-state index contributed by atoms with van der Waals surface area (Å²) in [7, 11) is -3.87. The Labute approximate surface area is 129 Å². The zero-order chi connectivity index (χ0) is 15.8. The molecule has 112 valence electrons. The highest BCUT2D eigenvalue weighted by Gasteiger charge is 2.41. The summed E-state index contributed by atoms with van der Waals surface area (Å²) in [6, 6.07) is 6.39. The van der Waals surface area contributed by atoms with Gasteiger partial charge in [-0.2, -0.15) is 0 Å². The monoisotopic (exact) mass is 325 g/mol. The van der Waals surface area contributed by atoms with E-state index in [9.17, 15) is 13.2 Å². The third-order valence-corrected chi connectivity index (χ3v) is 5.42. The molecule has 1 aromatic carbocycles. The molecule has 0 aliphatic carbocycles. The van der Waals surface area contributed by atoms with Gasteiger partial charge in [-0.1, -0.05) is 35.4 Å². The number of carbonyl (C=O) groups is 1. The van der Waals surface area contributed by atoms with Gasteiger partial charge in [-0.3, -0.25) is 4.79 Å². The Morgan fingerprint density at radius 1 is 1.38 bits per heavy atom. The average molecular weight is 326 g/mol. The van der Waals surface area contributed by atoms with Gasteiger partial charge in [0.25, 0.3) is 15.9 Å². The van der Waals surface area contributed by atoms with Crippen LogP contribution in [0, 0.1) is 12.8 Å². The van der Waals surface area contributed by atoms with Crippen LogP contribution in [0.4, 0.5) is 0 Å². The topological polar surface area (TPSA) is 54.5 Å². The van der Waals surface area contributed by atoms with Crippen molar-refractivity contribution in [1.82, 2.24) is 4.31 Å². The first kappa shape index (κ1) is 15.8. The van der Waals surface area contributed by atoms with Gasteiger partial charge in [0.05, 0.1) is 4.90 Å². The molecular formula is C15H16ClNO3S. The Hall–Kier alpha value is -1.59. The normalized spacial score (nSPS) is 21.6. The summed E-state index contributed by atoms with van der Waals surface area (Å²) < 4.78 is 26.0. The second-order valence-electron chi connectivity index (χ2n) is 4.94. The summed E-state index contributed by atoms with van der Waals surface area (Å²) in [6.07, 6.45) is 1.55. The number of carbonyl (C=O) groups excluding carboxylic acids is 1. The van der Waals surface area contributed by atoms with Crippen LogP contribution in [0.5, 0.6) is 0 Å². The van der Waals surface area contributed by atoms with Crippen molar-refractivity contribution in [3.05, 3.63) is 53.1 Å². The molecule has 1 atom stereocenters. The predicted molar refractivity (Wildman–Crippen MR) is 82.3 cm³/mol. The molecule has 1 aromatic rings. The van der Waals surface area contributed by atoms with Gasteiger partial charge < -0.3 is 0 Å². The molecule has 0 saturated carbocycles. The first-order valence-electron chi connectivity index (χ1n) is 6.41. The number of halogens is 1. The van der Waals surface area contributed by atoms with Gasteiger partial charge in [-0.05, 0) is 26.0 Å². The van der Waals surface area contributed by atoms with Crippen LogP contribution in [0.2, 0.25) is 0 Å². The predicted octanol–water partition coefficient (Wildman–Crippen LogP) is 2.84. The molecule has 0 unspecified atom stereocenters. The third-order valence-electron chi connectivity index (χ3n) is 3.45. The van der Waals surface area contributed by atoms with Gasteiger partial charge in [0.1, 0.15) is 0 Å². The largest absolute Gasteiger partial charge is 0.268 e. The van der Waals surface area contributed by atoms with Gasteiger partial charge in [-0.15, -0.1) is 6.58 Å². The van der Waals surface area contributed by atoms with Gasteiger partial charge in [0, 0.05) is 23.1 Å². The van der Waals surface area contributed by atoms with Crippen LogP contribution in [0.3, 0.4) is 0 Å².